The number of hydrogen-bond donors (Lipinski definition) is 0. The molecule has 1 amide bonds. The summed E-state index contributed by atoms with van der Waals surface area (Å²) in [7, 11) is 0. The van der Waals surface area contributed by atoms with Gasteiger partial charge in [0, 0.05) is 49.7 Å². The molecule has 0 saturated carbocycles. The van der Waals surface area contributed by atoms with Crippen molar-refractivity contribution in [3.05, 3.63) is 59.1 Å². The molecule has 0 bridgehead atoms. The minimum absolute atomic E-state index is 0.0148. The molecule has 0 spiro atoms. The maximum Gasteiger partial charge on any atom is 0.246 e. The Hall–Kier alpha value is -2.93. The zero-order chi connectivity index (χ0) is 18.8. The summed E-state index contributed by atoms with van der Waals surface area (Å²) in [4.78, 5) is 20.9. The first-order valence-electron chi connectivity index (χ1n) is 8.76. The summed E-state index contributed by atoms with van der Waals surface area (Å²) in [5.74, 6) is 1.61. The molecule has 8 heteroatoms. The van der Waals surface area contributed by atoms with Crippen LogP contribution in [-0.4, -0.2) is 56.6 Å². The lowest BCUT2D eigenvalue weighted by Crippen LogP contribution is -2.48. The first-order valence-corrected chi connectivity index (χ1v) is 9.14. The Balaban J connectivity index is 1.43. The van der Waals surface area contributed by atoms with Crippen LogP contribution in [0.15, 0.2) is 42.7 Å². The van der Waals surface area contributed by atoms with E-state index in [1.165, 1.54) is 0 Å². The molecule has 0 aliphatic carbocycles. The van der Waals surface area contributed by atoms with Gasteiger partial charge in [0.15, 0.2) is 5.82 Å². The lowest BCUT2D eigenvalue weighted by atomic mass is 10.2. The Morgan fingerprint density at radius 3 is 2.70 bits per heavy atom. The predicted molar refractivity (Wildman–Crippen MR) is 105 cm³/mol. The van der Waals surface area contributed by atoms with E-state index in [9.17, 15) is 4.79 Å². The zero-order valence-corrected chi connectivity index (χ0v) is 15.7. The molecular weight excluding hydrogens is 364 g/mol. The third-order valence-electron chi connectivity index (χ3n) is 4.68. The average molecular weight is 383 g/mol. The van der Waals surface area contributed by atoms with Crippen LogP contribution in [0.2, 0.25) is 5.02 Å². The summed E-state index contributed by atoms with van der Waals surface area (Å²) in [6.45, 7) is 4.56. The van der Waals surface area contributed by atoms with Gasteiger partial charge >= 0.3 is 0 Å². The number of aromatic nitrogens is 4. The van der Waals surface area contributed by atoms with Gasteiger partial charge in [-0.3, -0.25) is 9.20 Å². The van der Waals surface area contributed by atoms with Gasteiger partial charge in [0.1, 0.15) is 5.82 Å². The number of amides is 1. The molecule has 3 aromatic rings. The second-order valence-electron chi connectivity index (χ2n) is 6.36. The average Bonchev–Trinajstić information content (AvgIpc) is 3.08. The maximum absolute atomic E-state index is 12.5. The van der Waals surface area contributed by atoms with E-state index in [2.05, 4.69) is 20.1 Å². The van der Waals surface area contributed by atoms with Crippen molar-refractivity contribution in [3.8, 4) is 0 Å². The van der Waals surface area contributed by atoms with Gasteiger partial charge in [-0.2, -0.15) is 0 Å². The first kappa shape index (κ1) is 17.5. The van der Waals surface area contributed by atoms with Crippen molar-refractivity contribution in [2.45, 2.75) is 6.92 Å². The van der Waals surface area contributed by atoms with Crippen LogP contribution in [0.25, 0.3) is 11.7 Å². The molecule has 0 atom stereocenters. The number of carbonyl (C=O) groups excluding carboxylic acids is 1. The zero-order valence-electron chi connectivity index (χ0n) is 14.9. The number of carbonyl (C=O) groups is 1. The smallest absolute Gasteiger partial charge is 0.246 e. The van der Waals surface area contributed by atoms with Crippen molar-refractivity contribution in [1.82, 2.24) is 24.5 Å². The second kappa shape index (κ2) is 7.36. The molecule has 0 radical (unpaired) electrons. The molecule has 1 fully saturated rings. The van der Waals surface area contributed by atoms with E-state index in [1.54, 1.807) is 18.3 Å². The minimum atomic E-state index is -0.0148. The van der Waals surface area contributed by atoms with Crippen molar-refractivity contribution in [2.75, 3.05) is 31.1 Å². The first-order chi connectivity index (χ1) is 13.1. The quantitative estimate of drug-likeness (QED) is 0.651. The molecule has 4 rings (SSSR count). The number of anilines is 1. The molecule has 7 nitrogen and oxygen atoms in total. The summed E-state index contributed by atoms with van der Waals surface area (Å²) < 4.78 is 1.92. The molecule has 138 valence electrons. The monoisotopic (exact) mass is 382 g/mol. The van der Waals surface area contributed by atoms with E-state index in [-0.39, 0.29) is 5.91 Å². The molecule has 1 aliphatic rings. The normalized spacial score (nSPS) is 15.0. The summed E-state index contributed by atoms with van der Waals surface area (Å²) >= 11 is 6.13. The molecule has 0 unspecified atom stereocenters. The van der Waals surface area contributed by atoms with E-state index in [0.717, 1.165) is 22.9 Å². The van der Waals surface area contributed by atoms with Crippen molar-refractivity contribution >= 4 is 35.0 Å². The highest BCUT2D eigenvalue weighted by Gasteiger charge is 2.23. The van der Waals surface area contributed by atoms with Crippen LogP contribution in [0, 0.1) is 6.92 Å². The summed E-state index contributed by atoms with van der Waals surface area (Å²) in [6.07, 6.45) is 6.95. The van der Waals surface area contributed by atoms with Crippen molar-refractivity contribution in [3.63, 3.8) is 0 Å². The van der Waals surface area contributed by atoms with Crippen molar-refractivity contribution < 1.29 is 4.79 Å². The molecule has 0 N–H and O–H groups in total. The fraction of sp³-hybridized carbons (Fsp3) is 0.263. The van der Waals surface area contributed by atoms with Crippen LogP contribution >= 0.6 is 11.6 Å². The van der Waals surface area contributed by atoms with Crippen LogP contribution in [0.5, 0.6) is 0 Å². The SMILES string of the molecule is Cc1nnc2c(N3CCN(C(=O)C=Cc4ccccc4Cl)CC3)nccn12. The highest BCUT2D eigenvalue weighted by atomic mass is 35.5. The van der Waals surface area contributed by atoms with Gasteiger partial charge in [0.2, 0.25) is 11.6 Å². The van der Waals surface area contributed by atoms with Gasteiger partial charge in [0.05, 0.1) is 0 Å². The lowest BCUT2D eigenvalue weighted by molar-refractivity contribution is -0.126. The Bertz CT molecular complexity index is 1010. The van der Waals surface area contributed by atoms with E-state index in [1.807, 2.05) is 46.7 Å². The van der Waals surface area contributed by atoms with Crippen LogP contribution < -0.4 is 4.90 Å². The Morgan fingerprint density at radius 2 is 1.93 bits per heavy atom. The molecular formula is C19H19ClN6O. The summed E-state index contributed by atoms with van der Waals surface area (Å²) in [5.41, 5.74) is 1.58. The minimum Gasteiger partial charge on any atom is -0.350 e. The third kappa shape index (κ3) is 3.50. The Kier molecular flexibility index (Phi) is 4.77. The van der Waals surface area contributed by atoms with Crippen LogP contribution in [0.1, 0.15) is 11.4 Å². The number of aryl methyl sites for hydroxylation is 1. The molecule has 3 heterocycles. The van der Waals surface area contributed by atoms with Crippen LogP contribution in [0.3, 0.4) is 0 Å². The fourth-order valence-corrected chi connectivity index (χ4v) is 3.37. The summed E-state index contributed by atoms with van der Waals surface area (Å²) in [5, 5.41) is 8.97. The third-order valence-corrected chi connectivity index (χ3v) is 5.02. The number of hydrogen-bond acceptors (Lipinski definition) is 5. The van der Waals surface area contributed by atoms with E-state index in [4.69, 9.17) is 11.6 Å². The van der Waals surface area contributed by atoms with Gasteiger partial charge in [0.25, 0.3) is 0 Å². The number of nitrogens with zero attached hydrogens (tertiary/aromatic N) is 6. The lowest BCUT2D eigenvalue weighted by Gasteiger charge is -2.34. The van der Waals surface area contributed by atoms with E-state index >= 15 is 0 Å². The van der Waals surface area contributed by atoms with Crippen molar-refractivity contribution in [1.29, 1.82) is 0 Å². The molecule has 1 aliphatic heterocycles. The topological polar surface area (TPSA) is 66.6 Å². The van der Waals surface area contributed by atoms with Gasteiger partial charge in [-0.25, -0.2) is 4.98 Å². The standard InChI is InChI=1S/C19H19ClN6O/c1-14-22-23-19-18(21-8-9-26(14)19)25-12-10-24(11-13-25)17(27)7-6-15-4-2-3-5-16(15)20/h2-9H,10-13H2,1H3. The second-order valence-corrected chi connectivity index (χ2v) is 6.77. The maximum atomic E-state index is 12.5. The number of benzene rings is 1. The largest absolute Gasteiger partial charge is 0.350 e. The molecule has 2 aromatic heterocycles. The van der Waals surface area contributed by atoms with Crippen LogP contribution in [-0.2, 0) is 4.79 Å². The van der Waals surface area contributed by atoms with Gasteiger partial charge in [-0.15, -0.1) is 10.2 Å². The highest BCUT2D eigenvalue weighted by molar-refractivity contribution is 6.32. The van der Waals surface area contributed by atoms with Gasteiger partial charge in [-0.05, 0) is 24.6 Å². The highest BCUT2D eigenvalue weighted by Crippen LogP contribution is 2.20. The van der Waals surface area contributed by atoms with Gasteiger partial charge in [-0.1, -0.05) is 29.8 Å². The number of piperazine rings is 1. The van der Waals surface area contributed by atoms with E-state index in [0.29, 0.717) is 31.2 Å². The predicted octanol–water partition coefficient (Wildman–Crippen LogP) is 2.45. The molecule has 27 heavy (non-hydrogen) atoms. The number of fused-ring (bicyclic) bond motifs is 1. The summed E-state index contributed by atoms with van der Waals surface area (Å²) in [6, 6.07) is 7.46. The molecule has 1 saturated heterocycles. The Labute approximate surface area is 161 Å². The van der Waals surface area contributed by atoms with Gasteiger partial charge < -0.3 is 9.80 Å². The molecule has 1 aromatic carbocycles. The number of halogens is 1. The fourth-order valence-electron chi connectivity index (χ4n) is 3.17. The number of rotatable bonds is 3. The Morgan fingerprint density at radius 1 is 1.15 bits per heavy atom. The van der Waals surface area contributed by atoms with Crippen molar-refractivity contribution in [2.24, 2.45) is 0 Å². The van der Waals surface area contributed by atoms with Crippen LogP contribution in [0.4, 0.5) is 5.82 Å². The van der Waals surface area contributed by atoms with E-state index < -0.39 is 0 Å².